The van der Waals surface area contributed by atoms with Crippen molar-refractivity contribution < 1.29 is 0 Å². The minimum absolute atomic E-state index is 0.0282. The van der Waals surface area contributed by atoms with E-state index in [0.717, 1.165) is 4.47 Å². The predicted molar refractivity (Wildman–Crippen MR) is 73.1 cm³/mol. The Balaban J connectivity index is 2.44. The average molecular weight is 310 g/mol. The molecule has 1 aliphatic rings. The van der Waals surface area contributed by atoms with Gasteiger partial charge in [-0.15, -0.1) is 0 Å². The molecule has 0 radical (unpaired) electrons. The summed E-state index contributed by atoms with van der Waals surface area (Å²) in [6.07, 6.45) is 0. The molecule has 2 heterocycles. The SMILES string of the molecule is Cn1c(=O)n(C2CNC2)c(=O)c2cc(Br)ccc21. The van der Waals surface area contributed by atoms with Crippen molar-refractivity contribution in [2.75, 3.05) is 13.1 Å². The van der Waals surface area contributed by atoms with Gasteiger partial charge in [0.15, 0.2) is 0 Å². The first-order valence-corrected chi connectivity index (χ1v) is 6.50. The van der Waals surface area contributed by atoms with Gasteiger partial charge in [-0.2, -0.15) is 0 Å². The molecule has 0 unspecified atom stereocenters. The van der Waals surface area contributed by atoms with E-state index in [2.05, 4.69) is 21.2 Å². The van der Waals surface area contributed by atoms with E-state index in [9.17, 15) is 9.59 Å². The van der Waals surface area contributed by atoms with Gasteiger partial charge in [0.2, 0.25) is 0 Å². The summed E-state index contributed by atoms with van der Waals surface area (Å²) in [5.41, 5.74) is 0.207. The molecule has 0 spiro atoms. The fraction of sp³-hybridized carbons (Fsp3) is 0.333. The number of nitrogens with one attached hydrogen (secondary N) is 1. The van der Waals surface area contributed by atoms with E-state index in [-0.39, 0.29) is 17.3 Å². The highest BCUT2D eigenvalue weighted by atomic mass is 79.9. The smallest absolute Gasteiger partial charge is 0.312 e. The topological polar surface area (TPSA) is 56.0 Å². The molecule has 5 nitrogen and oxygen atoms in total. The van der Waals surface area contributed by atoms with Crippen LogP contribution in [-0.4, -0.2) is 22.2 Å². The fourth-order valence-corrected chi connectivity index (χ4v) is 2.59. The third-order valence-electron chi connectivity index (χ3n) is 3.39. The number of fused-ring (bicyclic) bond motifs is 1. The van der Waals surface area contributed by atoms with Crippen LogP contribution >= 0.6 is 15.9 Å². The zero-order valence-electron chi connectivity index (χ0n) is 9.81. The highest BCUT2D eigenvalue weighted by Crippen LogP contribution is 2.16. The number of hydrogen-bond donors (Lipinski definition) is 1. The van der Waals surface area contributed by atoms with Crippen molar-refractivity contribution in [2.45, 2.75) is 6.04 Å². The molecule has 0 amide bonds. The van der Waals surface area contributed by atoms with Crippen LogP contribution < -0.4 is 16.6 Å². The van der Waals surface area contributed by atoms with Crippen LogP contribution in [0.3, 0.4) is 0 Å². The molecular formula is C12H12BrN3O2. The number of aromatic nitrogens is 2. The van der Waals surface area contributed by atoms with E-state index in [1.165, 1.54) is 9.13 Å². The molecule has 0 atom stereocenters. The minimum atomic E-state index is -0.249. The number of rotatable bonds is 1. The summed E-state index contributed by atoms with van der Waals surface area (Å²) < 4.78 is 3.72. The van der Waals surface area contributed by atoms with Crippen LogP contribution in [0.4, 0.5) is 0 Å². The molecule has 1 aromatic heterocycles. The molecule has 6 heteroatoms. The standard InChI is InChI=1S/C12H12BrN3O2/c1-15-10-3-2-7(13)4-9(10)11(17)16(12(15)18)8-5-14-6-8/h2-4,8,14H,5-6H2,1H3. The number of nitrogens with zero attached hydrogens (tertiary/aromatic N) is 2. The summed E-state index contributed by atoms with van der Waals surface area (Å²) in [5, 5.41) is 3.64. The van der Waals surface area contributed by atoms with Gasteiger partial charge in [-0.25, -0.2) is 4.79 Å². The molecule has 94 valence electrons. The van der Waals surface area contributed by atoms with Gasteiger partial charge in [-0.3, -0.25) is 13.9 Å². The summed E-state index contributed by atoms with van der Waals surface area (Å²) in [5.74, 6) is 0. The van der Waals surface area contributed by atoms with Crippen molar-refractivity contribution in [2.24, 2.45) is 7.05 Å². The summed E-state index contributed by atoms with van der Waals surface area (Å²) in [7, 11) is 1.70. The predicted octanol–water partition coefficient (Wildman–Crippen LogP) is 0.607. The van der Waals surface area contributed by atoms with Crippen molar-refractivity contribution in [3.05, 3.63) is 43.5 Å². The molecular weight excluding hydrogens is 298 g/mol. The van der Waals surface area contributed by atoms with Crippen molar-refractivity contribution >= 4 is 26.8 Å². The quantitative estimate of drug-likeness (QED) is 0.839. The normalized spacial score (nSPS) is 15.9. The number of aryl methyl sites for hydroxylation is 1. The molecule has 1 aromatic carbocycles. The maximum Gasteiger partial charge on any atom is 0.331 e. The average Bonchev–Trinajstić information content (AvgIpc) is 2.29. The third-order valence-corrected chi connectivity index (χ3v) is 3.88. The van der Waals surface area contributed by atoms with Crippen molar-refractivity contribution in [1.82, 2.24) is 14.5 Å². The first kappa shape index (κ1) is 11.7. The summed E-state index contributed by atoms with van der Waals surface area (Å²) in [6, 6.07) is 5.35. The molecule has 0 aliphatic carbocycles. The van der Waals surface area contributed by atoms with E-state index in [1.807, 2.05) is 6.07 Å². The Morgan fingerprint density at radius 1 is 1.33 bits per heavy atom. The van der Waals surface area contributed by atoms with Gasteiger partial charge in [0.05, 0.1) is 16.9 Å². The lowest BCUT2D eigenvalue weighted by molar-refractivity contribution is 0.323. The highest BCUT2D eigenvalue weighted by molar-refractivity contribution is 9.10. The highest BCUT2D eigenvalue weighted by Gasteiger charge is 2.24. The summed E-state index contributed by atoms with van der Waals surface area (Å²) >= 11 is 3.35. The maximum absolute atomic E-state index is 12.4. The van der Waals surface area contributed by atoms with Gasteiger partial charge in [0.25, 0.3) is 5.56 Å². The van der Waals surface area contributed by atoms with Crippen LogP contribution in [0.15, 0.2) is 32.3 Å². The zero-order valence-corrected chi connectivity index (χ0v) is 11.4. The molecule has 1 saturated heterocycles. The summed E-state index contributed by atoms with van der Waals surface area (Å²) in [4.78, 5) is 24.6. The first-order chi connectivity index (χ1) is 8.59. The monoisotopic (exact) mass is 309 g/mol. The van der Waals surface area contributed by atoms with Crippen LogP contribution in [0.5, 0.6) is 0 Å². The molecule has 1 N–H and O–H groups in total. The van der Waals surface area contributed by atoms with Crippen LogP contribution in [0, 0.1) is 0 Å². The van der Waals surface area contributed by atoms with Gasteiger partial charge in [-0.05, 0) is 18.2 Å². The summed E-state index contributed by atoms with van der Waals surface area (Å²) in [6.45, 7) is 1.35. The maximum atomic E-state index is 12.4. The van der Waals surface area contributed by atoms with Crippen molar-refractivity contribution in [3.8, 4) is 0 Å². The second-order valence-corrected chi connectivity index (χ2v) is 5.41. The van der Waals surface area contributed by atoms with Crippen molar-refractivity contribution in [1.29, 1.82) is 0 Å². The number of benzene rings is 1. The van der Waals surface area contributed by atoms with Gasteiger partial charge in [-0.1, -0.05) is 15.9 Å². The lowest BCUT2D eigenvalue weighted by atomic mass is 10.1. The number of halogens is 1. The lowest BCUT2D eigenvalue weighted by Gasteiger charge is -2.28. The molecule has 18 heavy (non-hydrogen) atoms. The zero-order chi connectivity index (χ0) is 12.9. The van der Waals surface area contributed by atoms with Crippen LogP contribution in [0.2, 0.25) is 0 Å². The third kappa shape index (κ3) is 1.56. The fourth-order valence-electron chi connectivity index (χ4n) is 2.23. The van der Waals surface area contributed by atoms with Gasteiger partial charge < -0.3 is 5.32 Å². The Kier molecular flexibility index (Phi) is 2.64. The Morgan fingerprint density at radius 2 is 2.06 bits per heavy atom. The first-order valence-electron chi connectivity index (χ1n) is 5.71. The molecule has 0 saturated carbocycles. The Bertz CT molecular complexity index is 743. The van der Waals surface area contributed by atoms with Crippen LogP contribution in [-0.2, 0) is 7.05 Å². The number of hydrogen-bond acceptors (Lipinski definition) is 3. The van der Waals surface area contributed by atoms with E-state index in [1.54, 1.807) is 19.2 Å². The van der Waals surface area contributed by atoms with E-state index in [4.69, 9.17) is 0 Å². The van der Waals surface area contributed by atoms with Gasteiger partial charge >= 0.3 is 5.69 Å². The Morgan fingerprint density at radius 3 is 2.67 bits per heavy atom. The largest absolute Gasteiger partial charge is 0.331 e. The molecule has 0 bridgehead atoms. The van der Waals surface area contributed by atoms with Crippen molar-refractivity contribution in [3.63, 3.8) is 0 Å². The second kappa shape index (κ2) is 4.07. The lowest BCUT2D eigenvalue weighted by Crippen LogP contribution is -2.53. The second-order valence-electron chi connectivity index (χ2n) is 4.49. The van der Waals surface area contributed by atoms with E-state index >= 15 is 0 Å². The molecule has 1 fully saturated rings. The van der Waals surface area contributed by atoms with Crippen LogP contribution in [0.1, 0.15) is 6.04 Å². The van der Waals surface area contributed by atoms with E-state index < -0.39 is 0 Å². The minimum Gasteiger partial charge on any atom is -0.312 e. The van der Waals surface area contributed by atoms with Crippen LogP contribution in [0.25, 0.3) is 10.9 Å². The van der Waals surface area contributed by atoms with Gasteiger partial charge in [0, 0.05) is 24.6 Å². The Hall–Kier alpha value is -1.40. The molecule has 2 aromatic rings. The molecule has 3 rings (SSSR count). The van der Waals surface area contributed by atoms with E-state index in [0.29, 0.717) is 24.0 Å². The Labute approximate surface area is 111 Å². The molecule has 1 aliphatic heterocycles. The van der Waals surface area contributed by atoms with Gasteiger partial charge in [0.1, 0.15) is 0 Å².